The van der Waals surface area contributed by atoms with Crippen molar-refractivity contribution in [3.8, 4) is 11.6 Å². The van der Waals surface area contributed by atoms with Gasteiger partial charge in [-0.05, 0) is 38.1 Å². The van der Waals surface area contributed by atoms with Crippen LogP contribution in [0.5, 0.6) is 11.6 Å². The Balaban J connectivity index is 0.000000229. The van der Waals surface area contributed by atoms with Crippen molar-refractivity contribution in [1.82, 2.24) is 20.4 Å². The SMILES string of the molecule is Cc1cc(=O)[nH][nH]1.Cc1cc(Oc2c(Cl)cc(C(F)(F)F)cc2Cl)n[nH]1.Fc1c(Cl)cc(C(F)(F)F)cc1Cl. The van der Waals surface area contributed by atoms with Gasteiger partial charge < -0.3 is 9.84 Å². The van der Waals surface area contributed by atoms with Gasteiger partial charge in [-0.2, -0.15) is 26.3 Å². The highest BCUT2D eigenvalue weighted by Gasteiger charge is 2.33. The van der Waals surface area contributed by atoms with Crippen LogP contribution in [0.1, 0.15) is 22.5 Å². The molecule has 0 fully saturated rings. The third-order valence-corrected chi connectivity index (χ3v) is 5.37. The predicted molar refractivity (Wildman–Crippen MR) is 132 cm³/mol. The van der Waals surface area contributed by atoms with Gasteiger partial charge in [-0.1, -0.05) is 46.4 Å². The van der Waals surface area contributed by atoms with Crippen LogP contribution < -0.4 is 10.3 Å². The molecule has 0 spiro atoms. The van der Waals surface area contributed by atoms with Crippen LogP contribution in [0.2, 0.25) is 20.1 Å². The van der Waals surface area contributed by atoms with E-state index in [0.29, 0.717) is 12.1 Å². The Morgan fingerprint density at radius 2 is 1.18 bits per heavy atom. The molecule has 0 aliphatic carbocycles. The minimum Gasteiger partial charge on any atom is -0.434 e. The quantitative estimate of drug-likeness (QED) is 0.151. The molecule has 2 heterocycles. The fourth-order valence-electron chi connectivity index (χ4n) is 2.52. The summed E-state index contributed by atoms with van der Waals surface area (Å²) in [5.41, 5.74) is -0.478. The summed E-state index contributed by atoms with van der Waals surface area (Å²) in [6.07, 6.45) is -9.09. The number of alkyl halides is 6. The van der Waals surface area contributed by atoms with Gasteiger partial charge in [0.05, 0.1) is 31.2 Å². The molecule has 6 nitrogen and oxygen atoms in total. The Hall–Kier alpha value is -2.87. The monoisotopic (exact) mass is 640 g/mol. The molecule has 39 heavy (non-hydrogen) atoms. The van der Waals surface area contributed by atoms with Crippen LogP contribution in [0.3, 0.4) is 0 Å². The fraction of sp³-hybridized carbons (Fsp3) is 0.182. The second-order valence-corrected chi connectivity index (χ2v) is 9.08. The van der Waals surface area contributed by atoms with E-state index in [1.165, 1.54) is 6.07 Å². The van der Waals surface area contributed by atoms with Crippen LogP contribution in [-0.2, 0) is 12.4 Å². The van der Waals surface area contributed by atoms with Crippen molar-refractivity contribution < 1.29 is 35.5 Å². The first kappa shape index (κ1) is 32.3. The van der Waals surface area contributed by atoms with E-state index in [9.17, 15) is 35.5 Å². The van der Waals surface area contributed by atoms with Crippen molar-refractivity contribution >= 4 is 46.4 Å². The van der Waals surface area contributed by atoms with Crippen molar-refractivity contribution in [1.29, 1.82) is 0 Å². The number of benzene rings is 2. The van der Waals surface area contributed by atoms with Crippen molar-refractivity contribution in [2.24, 2.45) is 0 Å². The minimum absolute atomic E-state index is 0.0668. The molecule has 0 saturated heterocycles. The second kappa shape index (κ2) is 13.0. The Kier molecular flexibility index (Phi) is 10.8. The van der Waals surface area contributed by atoms with E-state index in [-0.39, 0.29) is 27.2 Å². The van der Waals surface area contributed by atoms with Crippen molar-refractivity contribution in [3.63, 3.8) is 0 Å². The summed E-state index contributed by atoms with van der Waals surface area (Å²) >= 11 is 21.8. The molecule has 212 valence electrons. The Bertz CT molecular complexity index is 1430. The van der Waals surface area contributed by atoms with Gasteiger partial charge in [0, 0.05) is 23.5 Å². The zero-order chi connectivity index (χ0) is 29.7. The molecule has 0 aliphatic rings. The number of nitrogens with one attached hydrogen (secondary N) is 3. The maximum atomic E-state index is 12.7. The Morgan fingerprint density at radius 3 is 1.49 bits per heavy atom. The van der Waals surface area contributed by atoms with Crippen LogP contribution in [0.4, 0.5) is 30.7 Å². The molecule has 0 bridgehead atoms. The highest BCUT2D eigenvalue weighted by molar-refractivity contribution is 6.37. The van der Waals surface area contributed by atoms with E-state index >= 15 is 0 Å². The second-order valence-electron chi connectivity index (χ2n) is 7.45. The fourth-order valence-corrected chi connectivity index (χ4v) is 3.57. The van der Waals surface area contributed by atoms with Gasteiger partial charge in [-0.15, -0.1) is 5.10 Å². The lowest BCUT2D eigenvalue weighted by Crippen LogP contribution is -2.05. The first-order chi connectivity index (χ1) is 17.9. The first-order valence-electron chi connectivity index (χ1n) is 10.1. The normalized spacial score (nSPS) is 11.3. The van der Waals surface area contributed by atoms with Crippen LogP contribution in [-0.4, -0.2) is 20.4 Å². The zero-order valence-corrected chi connectivity index (χ0v) is 22.4. The zero-order valence-electron chi connectivity index (χ0n) is 19.4. The largest absolute Gasteiger partial charge is 0.434 e. The van der Waals surface area contributed by atoms with Crippen molar-refractivity contribution in [3.05, 3.63) is 95.2 Å². The predicted octanol–water partition coefficient (Wildman–Crippen LogP) is 9.00. The number of hydrogen-bond acceptors (Lipinski definition) is 3. The molecular formula is C22H15Cl4F7N4O2. The lowest BCUT2D eigenvalue weighted by molar-refractivity contribution is -0.138. The summed E-state index contributed by atoms with van der Waals surface area (Å²) in [6, 6.07) is 5.54. The van der Waals surface area contributed by atoms with Gasteiger partial charge in [-0.25, -0.2) is 4.39 Å². The summed E-state index contributed by atoms with van der Waals surface area (Å²) in [4.78, 5) is 10.2. The van der Waals surface area contributed by atoms with E-state index < -0.39 is 39.3 Å². The third kappa shape index (κ3) is 9.67. The summed E-state index contributed by atoms with van der Waals surface area (Å²) in [7, 11) is 0. The summed E-state index contributed by atoms with van der Waals surface area (Å²) in [6.45, 7) is 3.56. The van der Waals surface area contributed by atoms with Gasteiger partial charge in [0.1, 0.15) is 0 Å². The van der Waals surface area contributed by atoms with E-state index in [2.05, 4.69) is 20.4 Å². The number of ether oxygens (including phenoxy) is 1. The first-order valence-corrected chi connectivity index (χ1v) is 11.6. The van der Waals surface area contributed by atoms with Gasteiger partial charge in [-0.3, -0.25) is 15.0 Å². The molecule has 2 aromatic heterocycles. The number of aryl methyl sites for hydroxylation is 2. The van der Waals surface area contributed by atoms with Crippen LogP contribution in [0.25, 0.3) is 0 Å². The molecule has 3 N–H and O–H groups in total. The molecule has 0 unspecified atom stereocenters. The molecule has 2 aromatic carbocycles. The molecular weight excluding hydrogens is 627 g/mol. The average Bonchev–Trinajstić information content (AvgIpc) is 3.40. The number of hydrogen-bond donors (Lipinski definition) is 3. The smallest absolute Gasteiger partial charge is 0.416 e. The van der Waals surface area contributed by atoms with Crippen LogP contribution >= 0.6 is 46.4 Å². The third-order valence-electron chi connectivity index (χ3n) is 4.26. The van der Waals surface area contributed by atoms with Crippen molar-refractivity contribution in [2.75, 3.05) is 0 Å². The molecule has 4 aromatic rings. The molecule has 0 saturated carbocycles. The lowest BCUT2D eigenvalue weighted by Gasteiger charge is -2.11. The number of rotatable bonds is 2. The molecule has 4 rings (SSSR count). The van der Waals surface area contributed by atoms with Crippen molar-refractivity contribution in [2.45, 2.75) is 26.2 Å². The summed E-state index contributed by atoms with van der Waals surface area (Å²) in [5.74, 6) is -0.944. The molecule has 0 radical (unpaired) electrons. The Morgan fingerprint density at radius 1 is 0.718 bits per heavy atom. The standard InChI is InChI=1S/C11H7Cl2F3N2O.C7H2Cl2F4.C4H6N2O/c1-5-2-9(18-17-5)19-10-7(12)3-6(4-8(10)13)11(14,15)16;8-4-1-3(7(11,12)13)2-5(9)6(4)10;1-3-2-4(7)6-5-3/h2-4H,1H3,(H,17,18);1-2H;2H,1H3,(H2,5,6,7). The number of aromatic amines is 3. The van der Waals surface area contributed by atoms with E-state index in [4.69, 9.17) is 51.1 Å². The van der Waals surface area contributed by atoms with Gasteiger partial charge in [0.2, 0.25) is 5.88 Å². The summed E-state index contributed by atoms with van der Waals surface area (Å²) < 4.78 is 91.6. The van der Waals surface area contributed by atoms with Crippen LogP contribution in [0, 0.1) is 19.7 Å². The van der Waals surface area contributed by atoms with E-state index in [1.54, 1.807) is 13.0 Å². The van der Waals surface area contributed by atoms with Crippen LogP contribution in [0.15, 0.2) is 41.2 Å². The lowest BCUT2D eigenvalue weighted by atomic mass is 10.2. The maximum Gasteiger partial charge on any atom is 0.416 e. The average molecular weight is 642 g/mol. The highest BCUT2D eigenvalue weighted by atomic mass is 35.5. The van der Waals surface area contributed by atoms with E-state index in [1.807, 2.05) is 6.92 Å². The topological polar surface area (TPSA) is 86.6 Å². The van der Waals surface area contributed by atoms with Gasteiger partial charge in [0.15, 0.2) is 11.6 Å². The molecule has 0 atom stereocenters. The number of H-pyrrole nitrogens is 3. The Labute approximate surface area is 235 Å². The highest BCUT2D eigenvalue weighted by Crippen LogP contribution is 2.41. The maximum absolute atomic E-state index is 12.7. The van der Waals surface area contributed by atoms with E-state index in [0.717, 1.165) is 23.5 Å². The van der Waals surface area contributed by atoms with Gasteiger partial charge in [0.25, 0.3) is 5.56 Å². The molecule has 17 heteroatoms. The molecule has 0 aliphatic heterocycles. The number of aromatic nitrogens is 4. The number of halogens is 11. The summed E-state index contributed by atoms with van der Waals surface area (Å²) in [5, 5.41) is 9.67. The number of nitrogens with zero attached hydrogens (tertiary/aromatic N) is 1. The van der Waals surface area contributed by atoms with Gasteiger partial charge >= 0.3 is 12.4 Å². The molecule has 0 amide bonds. The minimum atomic E-state index is -4.57.